The van der Waals surface area contributed by atoms with E-state index in [1.807, 2.05) is 24.3 Å². The first-order valence-corrected chi connectivity index (χ1v) is 3.91. The van der Waals surface area contributed by atoms with Gasteiger partial charge in [0.15, 0.2) is 0 Å². The second-order valence-corrected chi connectivity index (χ2v) is 3.03. The summed E-state index contributed by atoms with van der Waals surface area (Å²) in [5.74, 6) is 0.389. The van der Waals surface area contributed by atoms with E-state index in [-0.39, 0.29) is 0 Å². The van der Waals surface area contributed by atoms with E-state index in [9.17, 15) is 5.11 Å². The summed E-state index contributed by atoms with van der Waals surface area (Å²) in [6.45, 7) is 0. The third-order valence-corrected chi connectivity index (χ3v) is 2.41. The monoisotopic (exact) mass is 150 g/mol. The van der Waals surface area contributed by atoms with Crippen LogP contribution in [0, 0.1) is 0 Å². The fourth-order valence-electron chi connectivity index (χ4n) is 0.964. The lowest BCUT2D eigenvalue weighted by Gasteiger charge is -1.86. The van der Waals surface area contributed by atoms with Gasteiger partial charge in [-0.1, -0.05) is 12.1 Å². The van der Waals surface area contributed by atoms with E-state index < -0.39 is 0 Å². The smallest absolute Gasteiger partial charge is 0.134 e. The zero-order valence-electron chi connectivity index (χ0n) is 5.24. The summed E-state index contributed by atoms with van der Waals surface area (Å²) >= 11 is 1.56. The van der Waals surface area contributed by atoms with Gasteiger partial charge in [-0.3, -0.25) is 0 Å². The van der Waals surface area contributed by atoms with Crippen molar-refractivity contribution in [3.05, 3.63) is 29.6 Å². The highest BCUT2D eigenvalue weighted by molar-refractivity contribution is 7.17. The molecule has 0 aliphatic heterocycles. The minimum atomic E-state index is 0.389. The summed E-state index contributed by atoms with van der Waals surface area (Å²) < 4.78 is 1.14. The summed E-state index contributed by atoms with van der Waals surface area (Å²) in [7, 11) is 0. The van der Waals surface area contributed by atoms with Crippen molar-refractivity contribution in [2.75, 3.05) is 0 Å². The Bertz CT molecular complexity index is 351. The van der Waals surface area contributed by atoms with Crippen molar-refractivity contribution >= 4 is 21.4 Å². The second-order valence-electron chi connectivity index (χ2n) is 2.12. The van der Waals surface area contributed by atoms with Crippen LogP contribution in [0.25, 0.3) is 10.1 Å². The van der Waals surface area contributed by atoms with Gasteiger partial charge in [0.25, 0.3) is 0 Å². The fraction of sp³-hybridized carbons (Fsp3) is 0. The van der Waals surface area contributed by atoms with Crippen molar-refractivity contribution in [2.24, 2.45) is 0 Å². The van der Waals surface area contributed by atoms with Crippen molar-refractivity contribution in [3.63, 3.8) is 0 Å². The summed E-state index contributed by atoms with van der Waals surface area (Å²) in [5, 5.41) is 11.9. The lowest BCUT2D eigenvalue weighted by Crippen LogP contribution is -1.59. The van der Waals surface area contributed by atoms with E-state index in [1.54, 1.807) is 16.7 Å². The highest BCUT2D eigenvalue weighted by atomic mass is 32.1. The maximum absolute atomic E-state index is 9.22. The Kier molecular flexibility index (Phi) is 1.14. The molecule has 1 nitrogen and oxygen atoms in total. The molecule has 10 heavy (non-hydrogen) atoms. The van der Waals surface area contributed by atoms with Crippen LogP contribution in [-0.2, 0) is 0 Å². The third-order valence-electron chi connectivity index (χ3n) is 1.46. The maximum Gasteiger partial charge on any atom is 0.134 e. The molecule has 50 valence electrons. The van der Waals surface area contributed by atoms with Gasteiger partial charge in [-0.2, -0.15) is 0 Å². The van der Waals surface area contributed by atoms with Crippen LogP contribution in [0.15, 0.2) is 29.6 Å². The van der Waals surface area contributed by atoms with Crippen LogP contribution in [0.2, 0.25) is 0 Å². The van der Waals surface area contributed by atoms with E-state index in [4.69, 9.17) is 0 Å². The summed E-state index contributed by atoms with van der Waals surface area (Å²) in [6.07, 6.45) is 0. The molecule has 1 aromatic heterocycles. The normalized spacial score (nSPS) is 10.4. The van der Waals surface area contributed by atoms with Crippen molar-refractivity contribution in [1.82, 2.24) is 0 Å². The minimum Gasteiger partial charge on any atom is -0.506 e. The first-order chi connectivity index (χ1) is 4.88. The van der Waals surface area contributed by atoms with E-state index >= 15 is 0 Å². The van der Waals surface area contributed by atoms with Gasteiger partial charge >= 0.3 is 0 Å². The average Bonchev–Trinajstić information content (AvgIpc) is 2.34. The third kappa shape index (κ3) is 0.693. The molecule has 2 aromatic rings. The van der Waals surface area contributed by atoms with Gasteiger partial charge in [0.1, 0.15) is 5.75 Å². The average molecular weight is 150 g/mol. The number of hydrogen-bond acceptors (Lipinski definition) is 2. The number of fused-ring (bicyclic) bond motifs is 1. The van der Waals surface area contributed by atoms with Gasteiger partial charge in [0.05, 0.1) is 0 Å². The van der Waals surface area contributed by atoms with Crippen LogP contribution in [-0.4, -0.2) is 5.11 Å². The van der Waals surface area contributed by atoms with Gasteiger partial charge in [-0.25, -0.2) is 0 Å². The molecule has 0 unspecified atom stereocenters. The van der Waals surface area contributed by atoms with Crippen LogP contribution >= 0.6 is 11.3 Å². The molecule has 0 bridgehead atoms. The number of benzene rings is 1. The first kappa shape index (κ1) is 5.74. The maximum atomic E-state index is 9.22. The SMILES string of the molecule is Oc1csc2ccccc12. The Balaban J connectivity index is 2.93. The highest BCUT2D eigenvalue weighted by Crippen LogP contribution is 2.30. The molecule has 1 N–H and O–H groups in total. The van der Waals surface area contributed by atoms with Crippen LogP contribution < -0.4 is 0 Å². The zero-order chi connectivity index (χ0) is 6.97. The Hall–Kier alpha value is -1.02. The lowest BCUT2D eigenvalue weighted by atomic mass is 10.2. The highest BCUT2D eigenvalue weighted by Gasteiger charge is 1.98. The zero-order valence-corrected chi connectivity index (χ0v) is 6.06. The molecule has 0 radical (unpaired) electrons. The van der Waals surface area contributed by atoms with E-state index in [0.29, 0.717) is 5.75 Å². The van der Waals surface area contributed by atoms with Gasteiger partial charge in [-0.15, -0.1) is 11.3 Å². The molecule has 0 spiro atoms. The van der Waals surface area contributed by atoms with Crippen molar-refractivity contribution in [3.8, 4) is 5.75 Å². The largest absolute Gasteiger partial charge is 0.506 e. The van der Waals surface area contributed by atoms with Gasteiger partial charge in [0.2, 0.25) is 0 Å². The lowest BCUT2D eigenvalue weighted by molar-refractivity contribution is 0.483. The molecular formula is C8H6OS. The molecule has 1 aromatic carbocycles. The summed E-state index contributed by atoms with van der Waals surface area (Å²) in [4.78, 5) is 0. The molecule has 0 fully saturated rings. The predicted molar refractivity (Wildman–Crippen MR) is 43.5 cm³/mol. The summed E-state index contributed by atoms with van der Waals surface area (Å²) in [6, 6.07) is 7.81. The Labute approximate surface area is 62.5 Å². The molecule has 1 heterocycles. The molecular weight excluding hydrogens is 144 g/mol. The molecule has 0 aliphatic carbocycles. The predicted octanol–water partition coefficient (Wildman–Crippen LogP) is 2.61. The van der Waals surface area contributed by atoms with Crippen LogP contribution in [0.4, 0.5) is 0 Å². The molecule has 0 atom stereocenters. The molecule has 0 saturated heterocycles. The Morgan fingerprint density at radius 3 is 2.80 bits per heavy atom. The van der Waals surface area contributed by atoms with E-state index in [2.05, 4.69) is 0 Å². The second kappa shape index (κ2) is 1.99. The molecule has 0 aliphatic rings. The molecule has 0 saturated carbocycles. The molecule has 0 amide bonds. The summed E-state index contributed by atoms with van der Waals surface area (Å²) in [5.41, 5.74) is 0. The number of aromatic hydroxyl groups is 1. The van der Waals surface area contributed by atoms with Crippen molar-refractivity contribution in [2.45, 2.75) is 0 Å². The topological polar surface area (TPSA) is 20.2 Å². The van der Waals surface area contributed by atoms with Crippen LogP contribution in [0.1, 0.15) is 0 Å². The fourth-order valence-corrected chi connectivity index (χ4v) is 1.79. The minimum absolute atomic E-state index is 0.389. The quantitative estimate of drug-likeness (QED) is 0.612. The van der Waals surface area contributed by atoms with Gasteiger partial charge in [0, 0.05) is 15.5 Å². The number of thiophene rings is 1. The number of hydrogen-bond donors (Lipinski definition) is 1. The van der Waals surface area contributed by atoms with Crippen molar-refractivity contribution in [1.29, 1.82) is 0 Å². The van der Waals surface area contributed by atoms with Crippen LogP contribution in [0.3, 0.4) is 0 Å². The first-order valence-electron chi connectivity index (χ1n) is 3.03. The molecule has 2 heteroatoms. The van der Waals surface area contributed by atoms with E-state index in [0.717, 1.165) is 10.1 Å². The Morgan fingerprint density at radius 1 is 1.20 bits per heavy atom. The Morgan fingerprint density at radius 2 is 2.00 bits per heavy atom. The molecule has 2 rings (SSSR count). The van der Waals surface area contributed by atoms with Crippen LogP contribution in [0.5, 0.6) is 5.75 Å². The van der Waals surface area contributed by atoms with Gasteiger partial charge in [-0.05, 0) is 12.1 Å². The number of rotatable bonds is 0. The standard InChI is InChI=1S/C8H6OS/c9-7-5-10-8-4-2-1-3-6(7)8/h1-5,9H. The van der Waals surface area contributed by atoms with Gasteiger partial charge < -0.3 is 5.11 Å². The van der Waals surface area contributed by atoms with Crippen molar-refractivity contribution < 1.29 is 5.11 Å². The van der Waals surface area contributed by atoms with E-state index in [1.165, 1.54) is 0 Å².